The van der Waals surface area contributed by atoms with Crippen LogP contribution in [0.2, 0.25) is 0 Å². The first-order chi connectivity index (χ1) is 6.81. The summed E-state index contributed by atoms with van der Waals surface area (Å²) in [6.07, 6.45) is 5.75. The predicted molar refractivity (Wildman–Crippen MR) is 59.8 cm³/mol. The molecule has 2 rings (SSSR count). The number of nitrogens with two attached hydrogens (primary N) is 1. The maximum atomic E-state index is 5.62. The Morgan fingerprint density at radius 2 is 2.00 bits per heavy atom. The highest BCUT2D eigenvalue weighted by Gasteiger charge is 2.02. The van der Waals surface area contributed by atoms with Crippen molar-refractivity contribution in [3.8, 4) is 5.69 Å². The smallest absolute Gasteiger partial charge is 0.172 e. The van der Waals surface area contributed by atoms with Gasteiger partial charge in [0.1, 0.15) is 0 Å². The van der Waals surface area contributed by atoms with E-state index in [4.69, 9.17) is 5.73 Å². The Morgan fingerprint density at radius 3 is 2.64 bits per heavy atom. The largest absolute Gasteiger partial charge is 0.399 e. The van der Waals surface area contributed by atoms with E-state index in [0.717, 1.165) is 16.5 Å². The van der Waals surface area contributed by atoms with E-state index in [2.05, 4.69) is 4.98 Å². The van der Waals surface area contributed by atoms with Crippen molar-refractivity contribution in [3.63, 3.8) is 0 Å². The first-order valence-electron chi connectivity index (χ1n) is 4.24. The highest BCUT2D eigenvalue weighted by atomic mass is 32.2. The Bertz CT molecular complexity index is 419. The number of nitrogen functional groups attached to an aromatic ring is 1. The lowest BCUT2D eigenvalue weighted by molar-refractivity contribution is 0.898. The summed E-state index contributed by atoms with van der Waals surface area (Å²) in [7, 11) is 0. The van der Waals surface area contributed by atoms with E-state index in [1.54, 1.807) is 18.0 Å². The minimum atomic E-state index is 0.777. The van der Waals surface area contributed by atoms with Crippen molar-refractivity contribution in [2.75, 3.05) is 12.0 Å². The maximum Gasteiger partial charge on any atom is 0.172 e. The van der Waals surface area contributed by atoms with E-state index in [1.165, 1.54) is 0 Å². The van der Waals surface area contributed by atoms with Crippen molar-refractivity contribution in [1.29, 1.82) is 0 Å². The molecule has 3 nitrogen and oxygen atoms in total. The SMILES string of the molecule is CSc1nccn1-c1ccc(N)cc1. The molecule has 0 radical (unpaired) electrons. The van der Waals surface area contributed by atoms with Gasteiger partial charge in [0.05, 0.1) is 0 Å². The molecule has 0 atom stereocenters. The number of hydrogen-bond donors (Lipinski definition) is 1. The highest BCUT2D eigenvalue weighted by molar-refractivity contribution is 7.98. The van der Waals surface area contributed by atoms with Gasteiger partial charge in [0.25, 0.3) is 0 Å². The van der Waals surface area contributed by atoms with Crippen LogP contribution in [0.25, 0.3) is 5.69 Å². The zero-order chi connectivity index (χ0) is 9.97. The van der Waals surface area contributed by atoms with Gasteiger partial charge in [0.2, 0.25) is 0 Å². The van der Waals surface area contributed by atoms with Crippen LogP contribution in [0.1, 0.15) is 0 Å². The second-order valence-electron chi connectivity index (χ2n) is 2.88. The average molecular weight is 205 g/mol. The van der Waals surface area contributed by atoms with Gasteiger partial charge >= 0.3 is 0 Å². The van der Waals surface area contributed by atoms with E-state index < -0.39 is 0 Å². The summed E-state index contributed by atoms with van der Waals surface area (Å²) in [6, 6.07) is 7.74. The fourth-order valence-electron chi connectivity index (χ4n) is 1.27. The van der Waals surface area contributed by atoms with Crippen molar-refractivity contribution < 1.29 is 0 Å². The number of aromatic nitrogens is 2. The molecule has 72 valence electrons. The number of imidazole rings is 1. The van der Waals surface area contributed by atoms with Gasteiger partial charge in [-0.3, -0.25) is 4.57 Å². The molecule has 4 heteroatoms. The van der Waals surface area contributed by atoms with Crippen LogP contribution in [0, 0.1) is 0 Å². The lowest BCUT2D eigenvalue weighted by Gasteiger charge is -2.05. The van der Waals surface area contributed by atoms with Gasteiger partial charge in [-0.15, -0.1) is 0 Å². The Labute approximate surface area is 87.0 Å². The van der Waals surface area contributed by atoms with Crippen molar-refractivity contribution in [2.45, 2.75) is 5.16 Å². The highest BCUT2D eigenvalue weighted by Crippen LogP contribution is 2.18. The molecule has 1 aromatic heterocycles. The first kappa shape index (κ1) is 9.15. The molecule has 0 amide bonds. The standard InChI is InChI=1S/C10H11N3S/c1-14-10-12-6-7-13(10)9-4-2-8(11)3-5-9/h2-7H,11H2,1H3. The number of benzene rings is 1. The zero-order valence-corrected chi connectivity index (χ0v) is 8.66. The van der Waals surface area contributed by atoms with Gasteiger partial charge in [-0.2, -0.15) is 0 Å². The molecule has 14 heavy (non-hydrogen) atoms. The molecule has 1 heterocycles. The van der Waals surface area contributed by atoms with Crippen molar-refractivity contribution in [1.82, 2.24) is 9.55 Å². The second kappa shape index (κ2) is 3.75. The summed E-state index contributed by atoms with van der Waals surface area (Å²) in [5.74, 6) is 0. The van der Waals surface area contributed by atoms with E-state index >= 15 is 0 Å². The van der Waals surface area contributed by atoms with Gasteiger partial charge in [-0.05, 0) is 30.5 Å². The molecule has 2 N–H and O–H groups in total. The molecule has 2 aromatic rings. The van der Waals surface area contributed by atoms with Gasteiger partial charge < -0.3 is 5.73 Å². The molecule has 1 aromatic carbocycles. The van der Waals surface area contributed by atoms with Gasteiger partial charge in [-0.1, -0.05) is 11.8 Å². The van der Waals surface area contributed by atoms with Crippen LogP contribution in [-0.2, 0) is 0 Å². The van der Waals surface area contributed by atoms with Crippen LogP contribution in [0.15, 0.2) is 41.8 Å². The summed E-state index contributed by atoms with van der Waals surface area (Å²) in [5, 5.41) is 0.981. The quantitative estimate of drug-likeness (QED) is 0.603. The van der Waals surface area contributed by atoms with E-state index in [1.807, 2.05) is 41.3 Å². The number of hydrogen-bond acceptors (Lipinski definition) is 3. The van der Waals surface area contributed by atoms with Crippen molar-refractivity contribution in [3.05, 3.63) is 36.7 Å². The summed E-state index contributed by atoms with van der Waals surface area (Å²) < 4.78 is 2.03. The second-order valence-corrected chi connectivity index (χ2v) is 3.65. The minimum Gasteiger partial charge on any atom is -0.399 e. The molecule has 0 spiro atoms. The fourth-order valence-corrected chi connectivity index (χ4v) is 1.80. The van der Waals surface area contributed by atoms with Crippen LogP contribution < -0.4 is 5.73 Å². The molecule has 0 aliphatic carbocycles. The van der Waals surface area contributed by atoms with Crippen LogP contribution in [0.3, 0.4) is 0 Å². The Kier molecular flexibility index (Phi) is 2.45. The summed E-state index contributed by atoms with van der Waals surface area (Å²) in [6.45, 7) is 0. The molecule has 0 saturated heterocycles. The molecular formula is C10H11N3S. The lowest BCUT2D eigenvalue weighted by atomic mass is 10.3. The maximum absolute atomic E-state index is 5.62. The number of rotatable bonds is 2. The topological polar surface area (TPSA) is 43.8 Å². The molecule has 0 aliphatic rings. The van der Waals surface area contributed by atoms with E-state index in [0.29, 0.717) is 0 Å². The van der Waals surface area contributed by atoms with Crippen LogP contribution in [-0.4, -0.2) is 15.8 Å². The molecular weight excluding hydrogens is 194 g/mol. The van der Waals surface area contributed by atoms with Gasteiger partial charge in [0.15, 0.2) is 5.16 Å². The average Bonchev–Trinajstić information content (AvgIpc) is 2.67. The van der Waals surface area contributed by atoms with E-state index in [9.17, 15) is 0 Å². The van der Waals surface area contributed by atoms with Crippen molar-refractivity contribution in [2.24, 2.45) is 0 Å². The molecule has 0 saturated carbocycles. The Hall–Kier alpha value is -1.42. The lowest BCUT2D eigenvalue weighted by Crippen LogP contribution is -1.94. The molecule has 0 bridgehead atoms. The number of nitrogens with zero attached hydrogens (tertiary/aromatic N) is 2. The van der Waals surface area contributed by atoms with Crippen LogP contribution >= 0.6 is 11.8 Å². The fraction of sp³-hybridized carbons (Fsp3) is 0.100. The van der Waals surface area contributed by atoms with Crippen molar-refractivity contribution >= 4 is 17.4 Å². The Morgan fingerprint density at radius 1 is 1.29 bits per heavy atom. The monoisotopic (exact) mass is 205 g/mol. The predicted octanol–water partition coefficient (Wildman–Crippen LogP) is 2.18. The van der Waals surface area contributed by atoms with Gasteiger partial charge in [-0.25, -0.2) is 4.98 Å². The van der Waals surface area contributed by atoms with E-state index in [-0.39, 0.29) is 0 Å². The van der Waals surface area contributed by atoms with Crippen LogP contribution in [0.4, 0.5) is 5.69 Å². The molecule has 0 fully saturated rings. The summed E-state index contributed by atoms with van der Waals surface area (Å²) in [5.41, 5.74) is 7.48. The third kappa shape index (κ3) is 1.61. The zero-order valence-electron chi connectivity index (χ0n) is 7.84. The molecule has 0 aliphatic heterocycles. The number of anilines is 1. The first-order valence-corrected chi connectivity index (χ1v) is 5.47. The minimum absolute atomic E-state index is 0.777. The van der Waals surface area contributed by atoms with Gasteiger partial charge in [0, 0.05) is 23.8 Å². The van der Waals surface area contributed by atoms with Crippen LogP contribution in [0.5, 0.6) is 0 Å². The number of thioether (sulfide) groups is 1. The summed E-state index contributed by atoms with van der Waals surface area (Å²) >= 11 is 1.62. The third-order valence-electron chi connectivity index (χ3n) is 1.96. The normalized spacial score (nSPS) is 10.4. The molecule has 0 unspecified atom stereocenters. The Balaban J connectivity index is 2.44. The summed E-state index contributed by atoms with van der Waals surface area (Å²) in [4.78, 5) is 4.23. The third-order valence-corrected chi connectivity index (χ3v) is 2.63.